The Balaban J connectivity index is 1.59. The highest BCUT2D eigenvalue weighted by molar-refractivity contribution is 8.14. The fourth-order valence-electron chi connectivity index (χ4n) is 4.45. The summed E-state index contributed by atoms with van der Waals surface area (Å²) in [5.74, 6) is 0.720. The maximum absolute atomic E-state index is 13.2. The molecule has 0 bridgehead atoms. The van der Waals surface area contributed by atoms with Crippen LogP contribution in [0.25, 0.3) is 11.3 Å². The van der Waals surface area contributed by atoms with Gasteiger partial charge >= 0.3 is 0 Å². The average Bonchev–Trinajstić information content (AvgIpc) is 3.32. The molecule has 0 radical (unpaired) electrons. The van der Waals surface area contributed by atoms with Gasteiger partial charge in [-0.25, -0.2) is 4.99 Å². The monoisotopic (exact) mass is 457 g/mol. The molecule has 0 unspecified atom stereocenters. The summed E-state index contributed by atoms with van der Waals surface area (Å²) in [6.45, 7) is 6.82. The van der Waals surface area contributed by atoms with Crippen LogP contribution in [0.1, 0.15) is 56.0 Å². The number of aromatic amines is 2. The lowest BCUT2D eigenvalue weighted by molar-refractivity contribution is -0.0705. The van der Waals surface area contributed by atoms with Crippen LogP contribution < -0.4 is 5.56 Å². The molecule has 31 heavy (non-hydrogen) atoms. The van der Waals surface area contributed by atoms with Gasteiger partial charge in [-0.2, -0.15) is 5.10 Å². The molecule has 2 aliphatic rings. The molecule has 2 aliphatic heterocycles. The van der Waals surface area contributed by atoms with Gasteiger partial charge in [-0.05, 0) is 51.3 Å². The van der Waals surface area contributed by atoms with Crippen molar-refractivity contribution < 1.29 is 4.74 Å². The van der Waals surface area contributed by atoms with Crippen molar-refractivity contribution in [2.75, 3.05) is 6.61 Å². The van der Waals surface area contributed by atoms with E-state index in [0.717, 1.165) is 40.5 Å². The van der Waals surface area contributed by atoms with Crippen LogP contribution in [0.15, 0.2) is 40.2 Å². The maximum Gasteiger partial charge on any atom is 0.271 e. The van der Waals surface area contributed by atoms with E-state index in [2.05, 4.69) is 29.1 Å². The fraction of sp³-hybridized carbons (Fsp3) is 0.409. The molecule has 5 rings (SSSR count). The Morgan fingerprint density at radius 1 is 1.29 bits per heavy atom. The molecule has 2 N–H and O–H groups in total. The van der Waals surface area contributed by atoms with Crippen molar-refractivity contribution in [3.05, 3.63) is 57.0 Å². The molecular weight excluding hydrogens is 434 g/mol. The number of hydrogen-bond donors (Lipinski definition) is 2. The van der Waals surface area contributed by atoms with E-state index in [1.54, 1.807) is 18.0 Å². The zero-order valence-corrected chi connectivity index (χ0v) is 19.2. The second-order valence-electron chi connectivity index (χ2n) is 8.64. The summed E-state index contributed by atoms with van der Waals surface area (Å²) in [5, 5.41) is 11.9. The number of rotatable bonds is 3. The molecule has 3 aromatic rings. The van der Waals surface area contributed by atoms with Crippen molar-refractivity contribution in [1.82, 2.24) is 20.0 Å². The first kappa shape index (κ1) is 20.6. The van der Waals surface area contributed by atoms with Crippen LogP contribution >= 0.6 is 23.4 Å². The van der Waals surface area contributed by atoms with Crippen molar-refractivity contribution >= 4 is 34.2 Å². The highest BCUT2D eigenvalue weighted by Gasteiger charge is 2.36. The molecule has 162 valence electrons. The Morgan fingerprint density at radius 2 is 2.06 bits per heavy atom. The molecule has 1 fully saturated rings. The third-order valence-electron chi connectivity index (χ3n) is 5.87. The molecule has 2 aromatic heterocycles. The molecule has 1 saturated heterocycles. The van der Waals surface area contributed by atoms with Crippen molar-refractivity contribution in [2.24, 2.45) is 4.99 Å². The Bertz CT molecular complexity index is 1210. The minimum absolute atomic E-state index is 0.101. The van der Waals surface area contributed by atoms with E-state index in [1.807, 2.05) is 35.9 Å². The van der Waals surface area contributed by atoms with Gasteiger partial charge in [0.15, 0.2) is 5.82 Å². The molecule has 0 aliphatic carbocycles. The van der Waals surface area contributed by atoms with Crippen LogP contribution in [0.3, 0.4) is 0 Å². The normalized spacial score (nSPS) is 22.8. The molecular formula is C22H24ClN5O2S. The van der Waals surface area contributed by atoms with E-state index >= 15 is 0 Å². The average molecular weight is 458 g/mol. The number of benzene rings is 1. The van der Waals surface area contributed by atoms with Gasteiger partial charge in [0.1, 0.15) is 0 Å². The zero-order valence-electron chi connectivity index (χ0n) is 17.6. The minimum Gasteiger partial charge on any atom is -0.375 e. The summed E-state index contributed by atoms with van der Waals surface area (Å²) < 4.78 is 7.83. The van der Waals surface area contributed by atoms with E-state index < -0.39 is 0 Å². The van der Waals surface area contributed by atoms with Crippen molar-refractivity contribution in [3.8, 4) is 11.3 Å². The van der Waals surface area contributed by atoms with E-state index in [9.17, 15) is 4.79 Å². The summed E-state index contributed by atoms with van der Waals surface area (Å²) >= 11 is 7.64. The van der Waals surface area contributed by atoms with Crippen molar-refractivity contribution in [1.29, 1.82) is 0 Å². The minimum atomic E-state index is -0.231. The van der Waals surface area contributed by atoms with Crippen LogP contribution in [0.2, 0.25) is 5.02 Å². The number of H-pyrrole nitrogens is 2. The van der Waals surface area contributed by atoms with E-state index in [0.29, 0.717) is 17.2 Å². The molecule has 4 heterocycles. The van der Waals surface area contributed by atoms with Gasteiger partial charge in [0, 0.05) is 17.2 Å². The summed E-state index contributed by atoms with van der Waals surface area (Å²) in [6, 6.07) is 7.75. The van der Waals surface area contributed by atoms with Gasteiger partial charge in [-0.3, -0.25) is 19.7 Å². The molecule has 0 saturated carbocycles. The van der Waals surface area contributed by atoms with Gasteiger partial charge in [-0.15, -0.1) is 0 Å². The van der Waals surface area contributed by atoms with Gasteiger partial charge in [-0.1, -0.05) is 35.5 Å². The third kappa shape index (κ3) is 3.77. The van der Waals surface area contributed by atoms with Crippen LogP contribution in [-0.4, -0.2) is 37.2 Å². The first-order chi connectivity index (χ1) is 14.8. The smallest absolute Gasteiger partial charge is 0.271 e. The summed E-state index contributed by atoms with van der Waals surface area (Å²) in [4.78, 5) is 17.9. The number of aromatic nitrogens is 4. The molecule has 0 spiro atoms. The highest BCUT2D eigenvalue weighted by Crippen LogP contribution is 2.47. The number of aliphatic imine (C=N–C) groups is 1. The van der Waals surface area contributed by atoms with E-state index in [4.69, 9.17) is 21.3 Å². The Kier molecular flexibility index (Phi) is 5.11. The Labute approximate surface area is 189 Å². The second kappa shape index (κ2) is 7.69. The second-order valence-corrected chi connectivity index (χ2v) is 10.4. The van der Waals surface area contributed by atoms with E-state index in [-0.39, 0.29) is 22.5 Å². The van der Waals surface area contributed by atoms with Gasteiger partial charge < -0.3 is 4.74 Å². The van der Waals surface area contributed by atoms with Crippen LogP contribution in [0, 0.1) is 0 Å². The number of fused-ring (bicyclic) bond motifs is 1. The van der Waals surface area contributed by atoms with Crippen molar-refractivity contribution in [2.45, 2.75) is 50.5 Å². The number of hydrogen-bond acceptors (Lipinski definition) is 5. The fourth-order valence-corrected chi connectivity index (χ4v) is 5.70. The lowest BCUT2D eigenvalue weighted by atomic mass is 9.94. The number of nitrogens with one attached hydrogen (secondary N) is 2. The summed E-state index contributed by atoms with van der Waals surface area (Å²) in [5.41, 5.74) is 3.16. The number of thioether (sulfide) groups is 1. The lowest BCUT2D eigenvalue weighted by Crippen LogP contribution is -2.35. The predicted octanol–water partition coefficient (Wildman–Crippen LogP) is 5.24. The SMILES string of the molecule is CC1=Nc2c(c(=O)[nH]n2[C@@H]2CCOC(C)(C)C2)[C@H](c2cn[nH]c2-c2ccc(Cl)cc2)S1. The molecule has 2 atom stereocenters. The Morgan fingerprint density at radius 3 is 2.81 bits per heavy atom. The quantitative estimate of drug-likeness (QED) is 0.563. The number of ether oxygens (including phenoxy) is 1. The van der Waals surface area contributed by atoms with Gasteiger partial charge in [0.05, 0.1) is 39.4 Å². The van der Waals surface area contributed by atoms with E-state index in [1.165, 1.54) is 0 Å². The first-order valence-electron chi connectivity index (χ1n) is 10.3. The number of halogens is 1. The van der Waals surface area contributed by atoms with Crippen LogP contribution in [0.4, 0.5) is 5.82 Å². The highest BCUT2D eigenvalue weighted by atomic mass is 35.5. The zero-order chi connectivity index (χ0) is 21.8. The molecule has 0 amide bonds. The van der Waals surface area contributed by atoms with Crippen molar-refractivity contribution in [3.63, 3.8) is 0 Å². The maximum atomic E-state index is 13.2. The summed E-state index contributed by atoms with van der Waals surface area (Å²) in [7, 11) is 0. The molecule has 1 aromatic carbocycles. The number of nitrogens with zero attached hydrogens (tertiary/aromatic N) is 3. The Hall–Kier alpha value is -2.29. The molecule has 9 heteroatoms. The first-order valence-corrected chi connectivity index (χ1v) is 11.6. The standard InChI is InChI=1S/C22H24ClN5O2S/c1-12-25-20-17(21(29)27-28(20)15-8-9-30-22(2,3)10-15)19(31-12)16-11-24-26-18(16)13-4-6-14(23)7-5-13/h4-7,11,15,19H,8-10H2,1-3H3,(H,24,26)(H,27,29)/t15-,19+/m1/s1. The van der Waals surface area contributed by atoms with Crippen LogP contribution in [-0.2, 0) is 4.74 Å². The largest absolute Gasteiger partial charge is 0.375 e. The predicted molar refractivity (Wildman–Crippen MR) is 125 cm³/mol. The van der Waals surface area contributed by atoms with Gasteiger partial charge in [0.2, 0.25) is 0 Å². The lowest BCUT2D eigenvalue weighted by Gasteiger charge is -2.36. The third-order valence-corrected chi connectivity index (χ3v) is 7.28. The van der Waals surface area contributed by atoms with Crippen LogP contribution in [0.5, 0.6) is 0 Å². The summed E-state index contributed by atoms with van der Waals surface area (Å²) in [6.07, 6.45) is 3.46. The van der Waals surface area contributed by atoms with Gasteiger partial charge in [0.25, 0.3) is 5.56 Å². The topological polar surface area (TPSA) is 88.1 Å². The molecule has 7 nitrogen and oxygen atoms in total.